The third kappa shape index (κ3) is 3.07. The number of thiazole rings is 1. The van der Waals surface area contributed by atoms with E-state index >= 15 is 0 Å². The van der Waals surface area contributed by atoms with E-state index < -0.39 is 46.3 Å². The van der Waals surface area contributed by atoms with Crippen molar-refractivity contribution >= 4 is 45.6 Å². The fraction of sp³-hybridized carbons (Fsp3) is 0.375. The number of benzene rings is 1. The largest absolute Gasteiger partial charge is 0.384 e. The van der Waals surface area contributed by atoms with Crippen molar-refractivity contribution in [1.82, 2.24) is 4.98 Å². The number of carbonyl (C=O) groups is 1. The highest BCUT2D eigenvalue weighted by Crippen LogP contribution is 2.69. The molecule has 0 saturated heterocycles. The van der Waals surface area contributed by atoms with Gasteiger partial charge in [0.15, 0.2) is 5.13 Å². The number of nitrogens with one attached hydrogen (secondary N) is 1. The minimum Gasteiger partial charge on any atom is -0.299 e. The van der Waals surface area contributed by atoms with Gasteiger partial charge in [-0.15, -0.1) is 11.3 Å². The van der Waals surface area contributed by atoms with Gasteiger partial charge in [0, 0.05) is 16.0 Å². The molecule has 0 spiro atoms. The van der Waals surface area contributed by atoms with Crippen LogP contribution in [0.3, 0.4) is 0 Å². The first-order valence-corrected chi connectivity index (χ1v) is 9.71. The smallest absolute Gasteiger partial charge is 0.299 e. The molecule has 182 valence electrons. The second-order valence-corrected chi connectivity index (χ2v) is 8.35. The number of rotatable bonds is 3. The molecular formula is C16H5Cl2F11N2OS. The summed E-state index contributed by atoms with van der Waals surface area (Å²) in [5.74, 6) is -40.2. The van der Waals surface area contributed by atoms with Gasteiger partial charge in [0.1, 0.15) is 0 Å². The first-order chi connectivity index (χ1) is 14.8. The number of halogens is 13. The van der Waals surface area contributed by atoms with E-state index in [9.17, 15) is 53.1 Å². The highest BCUT2D eigenvalue weighted by Gasteiger charge is 3.02. The Morgan fingerprint density at radius 2 is 1.30 bits per heavy atom. The third-order valence-corrected chi connectivity index (χ3v) is 5.99. The average Bonchev–Trinajstić information content (AvgIpc) is 3.13. The maximum absolute atomic E-state index is 14.7. The molecule has 1 heterocycles. The predicted molar refractivity (Wildman–Crippen MR) is 94.8 cm³/mol. The average molecular weight is 553 g/mol. The van der Waals surface area contributed by atoms with E-state index in [0.717, 1.165) is 10.7 Å². The second-order valence-electron chi connectivity index (χ2n) is 6.65. The van der Waals surface area contributed by atoms with E-state index in [1.807, 2.05) is 0 Å². The molecule has 1 saturated carbocycles. The highest BCUT2D eigenvalue weighted by atomic mass is 35.5. The number of nitrogens with zero attached hydrogens (tertiary/aromatic N) is 1. The van der Waals surface area contributed by atoms with Gasteiger partial charge in [-0.25, -0.2) is 9.37 Å². The topological polar surface area (TPSA) is 42.0 Å². The van der Waals surface area contributed by atoms with Gasteiger partial charge in [-0.3, -0.25) is 10.1 Å². The summed E-state index contributed by atoms with van der Waals surface area (Å²) in [6.07, 6.45) is 0. The summed E-state index contributed by atoms with van der Waals surface area (Å²) >= 11 is 11.8. The van der Waals surface area contributed by atoms with Crippen molar-refractivity contribution < 1.29 is 53.1 Å². The molecular weight excluding hydrogens is 548 g/mol. The Bertz CT molecular complexity index is 1090. The van der Waals surface area contributed by atoms with Crippen LogP contribution in [0.2, 0.25) is 10.0 Å². The second kappa shape index (κ2) is 7.31. The Hall–Kier alpha value is -1.87. The van der Waals surface area contributed by atoms with E-state index in [1.54, 1.807) is 0 Å². The van der Waals surface area contributed by atoms with Crippen LogP contribution in [0.5, 0.6) is 0 Å². The maximum atomic E-state index is 14.7. The summed E-state index contributed by atoms with van der Waals surface area (Å²) in [6, 6.07) is 3.76. The molecule has 3 rings (SSSR count). The van der Waals surface area contributed by atoms with Crippen LogP contribution in [-0.4, -0.2) is 46.2 Å². The Morgan fingerprint density at radius 1 is 0.818 bits per heavy atom. The molecule has 0 atom stereocenters. The SMILES string of the molecule is O=C(Nc1nc(-c2ccc(Cl)cc2Cl)cs1)C1(F)C(F)(F)C(F)(F)C(F)(F)C(F)(F)C1(F)F. The molecule has 0 aliphatic heterocycles. The van der Waals surface area contributed by atoms with Crippen LogP contribution in [0.25, 0.3) is 11.3 Å². The normalized spacial score (nSPS) is 23.7. The zero-order valence-electron chi connectivity index (χ0n) is 15.0. The minimum atomic E-state index is -7.41. The maximum Gasteiger partial charge on any atom is 0.384 e. The number of amides is 1. The lowest BCUT2D eigenvalue weighted by Crippen LogP contribution is -2.86. The summed E-state index contributed by atoms with van der Waals surface area (Å²) in [5, 5.41) is 1.04. The van der Waals surface area contributed by atoms with Gasteiger partial charge in [0.05, 0.1) is 10.7 Å². The predicted octanol–water partition coefficient (Wildman–Crippen LogP) is 6.95. The molecule has 33 heavy (non-hydrogen) atoms. The van der Waals surface area contributed by atoms with Crippen molar-refractivity contribution in [3.63, 3.8) is 0 Å². The van der Waals surface area contributed by atoms with Gasteiger partial charge in [-0.1, -0.05) is 23.2 Å². The fourth-order valence-electron chi connectivity index (χ4n) is 2.84. The molecule has 2 aromatic rings. The van der Waals surface area contributed by atoms with Crippen molar-refractivity contribution in [1.29, 1.82) is 0 Å². The Kier molecular flexibility index (Phi) is 5.71. The summed E-state index contributed by atoms with van der Waals surface area (Å²) in [6.45, 7) is 0. The molecule has 1 N–H and O–H groups in total. The number of alkyl halides is 11. The van der Waals surface area contributed by atoms with Crippen molar-refractivity contribution in [2.24, 2.45) is 0 Å². The molecule has 0 bridgehead atoms. The molecule has 1 fully saturated rings. The Balaban J connectivity index is 2.05. The quantitative estimate of drug-likeness (QED) is 0.418. The molecule has 17 heteroatoms. The zero-order valence-corrected chi connectivity index (χ0v) is 17.3. The van der Waals surface area contributed by atoms with E-state index in [4.69, 9.17) is 23.2 Å². The molecule has 1 aromatic carbocycles. The summed E-state index contributed by atoms with van der Waals surface area (Å²) < 4.78 is 151. The number of carbonyl (C=O) groups excluding carboxylic acids is 1. The van der Waals surface area contributed by atoms with Crippen LogP contribution in [-0.2, 0) is 4.79 Å². The van der Waals surface area contributed by atoms with E-state index in [1.165, 1.54) is 18.2 Å². The number of hydrogen-bond acceptors (Lipinski definition) is 3. The van der Waals surface area contributed by atoms with Crippen molar-refractivity contribution in [3.8, 4) is 11.3 Å². The van der Waals surface area contributed by atoms with Crippen LogP contribution in [0.1, 0.15) is 0 Å². The van der Waals surface area contributed by atoms with Crippen LogP contribution in [0.15, 0.2) is 23.6 Å². The molecule has 1 aliphatic rings. The molecule has 1 amide bonds. The van der Waals surface area contributed by atoms with Gasteiger partial charge in [-0.05, 0) is 18.2 Å². The minimum absolute atomic E-state index is 0.0560. The Morgan fingerprint density at radius 3 is 1.79 bits per heavy atom. The van der Waals surface area contributed by atoms with Crippen LogP contribution < -0.4 is 5.32 Å². The molecule has 3 nitrogen and oxygen atoms in total. The number of anilines is 1. The first-order valence-electron chi connectivity index (χ1n) is 8.07. The van der Waals surface area contributed by atoms with Crippen LogP contribution in [0.4, 0.5) is 53.4 Å². The summed E-state index contributed by atoms with van der Waals surface area (Å²) in [4.78, 5) is 15.4. The van der Waals surface area contributed by atoms with Crippen LogP contribution in [0, 0.1) is 0 Å². The van der Waals surface area contributed by atoms with Crippen molar-refractivity contribution in [3.05, 3.63) is 33.6 Å². The van der Waals surface area contributed by atoms with Gasteiger partial charge >= 0.3 is 35.3 Å². The Labute approximate surface area is 189 Å². The van der Waals surface area contributed by atoms with Crippen LogP contribution >= 0.6 is 34.5 Å². The molecule has 0 unspecified atom stereocenters. The van der Waals surface area contributed by atoms with E-state index in [0.29, 0.717) is 0 Å². The lowest BCUT2D eigenvalue weighted by molar-refractivity contribution is -0.475. The standard InChI is InChI=1S/C16H5Cl2F11N2OS/c17-5-1-2-6(7(18)3-5)8-4-33-10(30-8)31-9(32)11(19)12(20,21)14(24,25)16(28,29)15(26,27)13(11,22)23/h1-4H,(H,30,31,32). The van der Waals surface area contributed by atoms with Gasteiger partial charge in [-0.2, -0.15) is 43.9 Å². The molecule has 1 aromatic heterocycles. The number of hydrogen-bond donors (Lipinski definition) is 1. The van der Waals surface area contributed by atoms with Gasteiger partial charge in [0.25, 0.3) is 5.91 Å². The fourth-order valence-corrected chi connectivity index (χ4v) is 4.05. The molecule has 1 aliphatic carbocycles. The monoisotopic (exact) mass is 552 g/mol. The first kappa shape index (κ1) is 25.7. The zero-order chi connectivity index (χ0) is 25.4. The van der Waals surface area contributed by atoms with E-state index in [-0.39, 0.29) is 32.6 Å². The van der Waals surface area contributed by atoms with E-state index in [2.05, 4.69) is 4.98 Å². The molecule has 0 radical (unpaired) electrons. The summed E-state index contributed by atoms with van der Waals surface area (Å²) in [5.41, 5.74) is -6.92. The van der Waals surface area contributed by atoms with Gasteiger partial charge < -0.3 is 0 Å². The lowest BCUT2D eigenvalue weighted by atomic mass is 9.71. The van der Waals surface area contributed by atoms with Crippen molar-refractivity contribution in [2.45, 2.75) is 35.3 Å². The third-order valence-electron chi connectivity index (χ3n) is 4.69. The highest BCUT2D eigenvalue weighted by molar-refractivity contribution is 7.14. The number of aromatic nitrogens is 1. The van der Waals surface area contributed by atoms with Gasteiger partial charge in [0.2, 0.25) is 0 Å². The van der Waals surface area contributed by atoms with Crippen molar-refractivity contribution in [2.75, 3.05) is 5.32 Å². The summed E-state index contributed by atoms with van der Waals surface area (Å²) in [7, 11) is 0. The lowest BCUT2D eigenvalue weighted by Gasteiger charge is -2.51.